The minimum atomic E-state index is 0. The molecule has 0 spiro atoms. The summed E-state index contributed by atoms with van der Waals surface area (Å²) in [6.07, 6.45) is 8.29. The molecular weight excluding hydrogens is 410 g/mol. The van der Waals surface area contributed by atoms with Gasteiger partial charge in [-0.3, -0.25) is 4.90 Å². The molecule has 0 radical (unpaired) electrons. The van der Waals surface area contributed by atoms with Crippen LogP contribution in [0.2, 0.25) is 0 Å². The zero-order valence-corrected chi connectivity index (χ0v) is 20.2. The van der Waals surface area contributed by atoms with E-state index in [9.17, 15) is 0 Å². The Morgan fingerprint density at radius 1 is 1.13 bits per heavy atom. The Bertz CT molecular complexity index is 838. The van der Waals surface area contributed by atoms with E-state index in [2.05, 4.69) is 104 Å². The average Bonchev–Trinajstić information content (AvgIpc) is 3.19. The van der Waals surface area contributed by atoms with Gasteiger partial charge in [-0.2, -0.15) is 11.3 Å². The zero-order chi connectivity index (χ0) is 21.0. The molecule has 1 aromatic heterocycles. The summed E-state index contributed by atoms with van der Waals surface area (Å²) < 4.78 is 5.80. The van der Waals surface area contributed by atoms with Gasteiger partial charge in [0.2, 0.25) is 0 Å². The molecular formula is C26H34ClNOS. The molecule has 1 aromatic carbocycles. The molecule has 0 aliphatic heterocycles. The van der Waals surface area contributed by atoms with E-state index in [1.807, 2.05) is 6.08 Å². The van der Waals surface area contributed by atoms with E-state index < -0.39 is 0 Å². The quantitative estimate of drug-likeness (QED) is 0.295. The third kappa shape index (κ3) is 11.4. The Hall–Kier alpha value is -1.83. The fourth-order valence-corrected chi connectivity index (χ4v) is 3.33. The lowest BCUT2D eigenvalue weighted by atomic mass is 9.98. The summed E-state index contributed by atoms with van der Waals surface area (Å²) in [6, 6.07) is 10.8. The van der Waals surface area contributed by atoms with Gasteiger partial charge in [-0.05, 0) is 66.9 Å². The first-order valence-electron chi connectivity index (χ1n) is 10.2. The second-order valence-electron chi connectivity index (χ2n) is 8.04. The summed E-state index contributed by atoms with van der Waals surface area (Å²) in [6.45, 7) is 12.7. The van der Waals surface area contributed by atoms with E-state index in [0.29, 0.717) is 13.2 Å². The predicted molar refractivity (Wildman–Crippen MR) is 134 cm³/mol. The summed E-state index contributed by atoms with van der Waals surface area (Å²) in [4.78, 5) is 2.40. The largest absolute Gasteiger partial charge is 0.373 e. The molecule has 0 aliphatic carbocycles. The molecule has 162 valence electrons. The lowest BCUT2D eigenvalue weighted by Gasteiger charge is -2.18. The highest BCUT2D eigenvalue weighted by molar-refractivity contribution is 7.08. The van der Waals surface area contributed by atoms with E-state index in [4.69, 9.17) is 4.74 Å². The van der Waals surface area contributed by atoms with Crippen molar-refractivity contribution in [1.82, 2.24) is 4.90 Å². The molecule has 30 heavy (non-hydrogen) atoms. The molecule has 0 aliphatic rings. The standard InChI is InChI=1S/C26H33NOS.ClH/c1-5-27(16-8-6-7-15-26(2,3)4)20-24-11-9-12-25(19-24)21-28-17-10-13-23-14-18-29-22-23;/h6,8-14,18-19,22H,5,16-17,20-21H2,1-4H3;1H. The van der Waals surface area contributed by atoms with Gasteiger partial charge in [-0.25, -0.2) is 0 Å². The summed E-state index contributed by atoms with van der Waals surface area (Å²) in [7, 11) is 0. The summed E-state index contributed by atoms with van der Waals surface area (Å²) in [5, 5.41) is 4.21. The van der Waals surface area contributed by atoms with Crippen LogP contribution in [0.15, 0.2) is 59.3 Å². The van der Waals surface area contributed by atoms with Crippen LogP contribution >= 0.6 is 23.7 Å². The predicted octanol–water partition coefficient (Wildman–Crippen LogP) is 6.83. The average molecular weight is 444 g/mol. The van der Waals surface area contributed by atoms with Crippen LogP contribution in [0.3, 0.4) is 0 Å². The van der Waals surface area contributed by atoms with Gasteiger partial charge in [0.25, 0.3) is 0 Å². The van der Waals surface area contributed by atoms with Crippen LogP contribution in [0.5, 0.6) is 0 Å². The van der Waals surface area contributed by atoms with Crippen molar-refractivity contribution in [1.29, 1.82) is 0 Å². The maximum absolute atomic E-state index is 5.80. The fourth-order valence-electron chi connectivity index (χ4n) is 2.70. The molecule has 0 saturated heterocycles. The van der Waals surface area contributed by atoms with Crippen LogP contribution in [0.25, 0.3) is 6.08 Å². The van der Waals surface area contributed by atoms with Crippen LogP contribution in [-0.4, -0.2) is 24.6 Å². The van der Waals surface area contributed by atoms with Gasteiger partial charge in [0.05, 0.1) is 13.2 Å². The number of hydrogen-bond donors (Lipinski definition) is 0. The maximum atomic E-state index is 5.80. The number of thiophene rings is 1. The minimum absolute atomic E-state index is 0. The van der Waals surface area contributed by atoms with E-state index >= 15 is 0 Å². The van der Waals surface area contributed by atoms with Gasteiger partial charge in [0, 0.05) is 18.5 Å². The van der Waals surface area contributed by atoms with Crippen molar-refractivity contribution in [3.8, 4) is 11.8 Å². The molecule has 2 nitrogen and oxygen atoms in total. The van der Waals surface area contributed by atoms with Gasteiger partial charge >= 0.3 is 0 Å². The van der Waals surface area contributed by atoms with Crippen molar-refractivity contribution in [2.24, 2.45) is 5.41 Å². The Kier molecular flexibility index (Phi) is 12.4. The Balaban J connectivity index is 0.00000450. The number of halogens is 1. The molecule has 2 rings (SSSR count). The normalized spacial score (nSPS) is 11.6. The highest BCUT2D eigenvalue weighted by atomic mass is 35.5. The zero-order valence-electron chi connectivity index (χ0n) is 18.6. The first kappa shape index (κ1) is 26.2. The van der Waals surface area contributed by atoms with Crippen molar-refractivity contribution in [2.75, 3.05) is 19.7 Å². The van der Waals surface area contributed by atoms with Crippen molar-refractivity contribution < 1.29 is 4.74 Å². The number of likely N-dealkylation sites (N-methyl/N-ethyl adjacent to an activating group) is 1. The second-order valence-corrected chi connectivity index (χ2v) is 8.82. The van der Waals surface area contributed by atoms with Crippen LogP contribution in [0.1, 0.15) is 44.4 Å². The molecule has 0 bridgehead atoms. The van der Waals surface area contributed by atoms with Crippen molar-refractivity contribution in [2.45, 2.75) is 40.8 Å². The Morgan fingerprint density at radius 3 is 2.63 bits per heavy atom. The van der Waals surface area contributed by atoms with E-state index in [1.54, 1.807) is 11.3 Å². The van der Waals surface area contributed by atoms with E-state index in [-0.39, 0.29) is 17.8 Å². The smallest absolute Gasteiger partial charge is 0.0721 e. The SMILES string of the molecule is CCN(CC=CC#CC(C)(C)C)Cc1cccc(COCC=Cc2ccsc2)c1.Cl. The number of allylic oxidation sites excluding steroid dienone is 1. The fraction of sp³-hybridized carbons (Fsp3) is 0.385. The van der Waals surface area contributed by atoms with Gasteiger partial charge in [0.15, 0.2) is 0 Å². The number of ether oxygens (including phenoxy) is 1. The lowest BCUT2D eigenvalue weighted by molar-refractivity contribution is 0.149. The number of rotatable bonds is 10. The maximum Gasteiger partial charge on any atom is 0.0721 e. The third-order valence-corrected chi connectivity index (χ3v) is 4.89. The van der Waals surface area contributed by atoms with Crippen LogP contribution in [-0.2, 0) is 17.9 Å². The summed E-state index contributed by atoms with van der Waals surface area (Å²) >= 11 is 1.71. The molecule has 1 heterocycles. The van der Waals surface area contributed by atoms with Crippen molar-refractivity contribution >= 4 is 29.8 Å². The monoisotopic (exact) mass is 443 g/mol. The van der Waals surface area contributed by atoms with Gasteiger partial charge in [-0.15, -0.1) is 12.4 Å². The van der Waals surface area contributed by atoms with Crippen LogP contribution in [0.4, 0.5) is 0 Å². The first-order chi connectivity index (χ1) is 14.0. The number of hydrogen-bond acceptors (Lipinski definition) is 3. The number of nitrogens with zero attached hydrogens (tertiary/aromatic N) is 1. The third-order valence-electron chi connectivity index (χ3n) is 4.19. The molecule has 0 N–H and O–H groups in total. The minimum Gasteiger partial charge on any atom is -0.373 e. The number of benzene rings is 1. The van der Waals surface area contributed by atoms with Gasteiger partial charge in [-0.1, -0.05) is 61.3 Å². The molecule has 0 saturated carbocycles. The molecule has 0 amide bonds. The molecule has 0 unspecified atom stereocenters. The topological polar surface area (TPSA) is 12.5 Å². The van der Waals surface area contributed by atoms with Crippen LogP contribution < -0.4 is 0 Å². The van der Waals surface area contributed by atoms with Crippen molar-refractivity contribution in [3.63, 3.8) is 0 Å². The Labute approximate surface area is 193 Å². The molecule has 2 aromatic rings. The van der Waals surface area contributed by atoms with E-state index in [0.717, 1.165) is 19.6 Å². The van der Waals surface area contributed by atoms with Crippen molar-refractivity contribution in [3.05, 3.63) is 76.0 Å². The highest BCUT2D eigenvalue weighted by Crippen LogP contribution is 2.11. The summed E-state index contributed by atoms with van der Waals surface area (Å²) in [5.74, 6) is 6.38. The van der Waals surface area contributed by atoms with Gasteiger partial charge in [0.1, 0.15) is 0 Å². The summed E-state index contributed by atoms with van der Waals surface area (Å²) in [5.41, 5.74) is 3.82. The van der Waals surface area contributed by atoms with Crippen LogP contribution in [0, 0.1) is 17.3 Å². The molecule has 0 atom stereocenters. The highest BCUT2D eigenvalue weighted by Gasteiger charge is 2.04. The molecule has 4 heteroatoms. The lowest BCUT2D eigenvalue weighted by Crippen LogP contribution is -2.22. The molecule has 0 fully saturated rings. The van der Waals surface area contributed by atoms with E-state index in [1.165, 1.54) is 16.7 Å². The first-order valence-corrected chi connectivity index (χ1v) is 11.1. The van der Waals surface area contributed by atoms with Gasteiger partial charge < -0.3 is 4.74 Å². The Morgan fingerprint density at radius 2 is 1.93 bits per heavy atom. The second kappa shape index (κ2) is 14.2.